The molecule has 0 aliphatic carbocycles. The summed E-state index contributed by atoms with van der Waals surface area (Å²) in [6.07, 6.45) is 0.287. The fourth-order valence-corrected chi connectivity index (χ4v) is 2.57. The number of carbonyl (C=O) groups excluding carboxylic acids is 2. The molecule has 8 heteroatoms. The zero-order valence-corrected chi connectivity index (χ0v) is 16.5. The number of amides is 2. The first-order valence-corrected chi connectivity index (χ1v) is 8.58. The number of rotatable bonds is 8. The summed E-state index contributed by atoms with van der Waals surface area (Å²) in [4.78, 5) is 24.0. The third kappa shape index (κ3) is 7.46. The average molecular weight is 412 g/mol. The van der Waals surface area contributed by atoms with Gasteiger partial charge >= 0.3 is 0 Å². The summed E-state index contributed by atoms with van der Waals surface area (Å²) >= 11 is 5.93. The molecule has 0 saturated carbocycles. The van der Waals surface area contributed by atoms with Crippen molar-refractivity contribution in [2.45, 2.75) is 18.9 Å². The molecule has 0 aromatic heterocycles. The van der Waals surface area contributed by atoms with E-state index >= 15 is 0 Å². The van der Waals surface area contributed by atoms with Crippen LogP contribution in [-0.2, 0) is 9.59 Å². The minimum atomic E-state index is -0.374. The van der Waals surface area contributed by atoms with Gasteiger partial charge in [-0.1, -0.05) is 41.9 Å². The van der Waals surface area contributed by atoms with Crippen molar-refractivity contribution < 1.29 is 14.3 Å². The van der Waals surface area contributed by atoms with E-state index in [2.05, 4.69) is 10.6 Å². The molecule has 146 valence electrons. The minimum Gasteiger partial charge on any atom is -0.495 e. The molecule has 2 rings (SSSR count). The van der Waals surface area contributed by atoms with E-state index in [4.69, 9.17) is 22.1 Å². The Balaban J connectivity index is 0.00000364. The molecule has 1 unspecified atom stereocenters. The summed E-state index contributed by atoms with van der Waals surface area (Å²) in [7, 11) is 1.51. The van der Waals surface area contributed by atoms with Crippen molar-refractivity contribution in [3.63, 3.8) is 0 Å². The molecule has 0 aliphatic heterocycles. The zero-order valence-electron chi connectivity index (χ0n) is 14.9. The number of hydrogen-bond donors (Lipinski definition) is 3. The van der Waals surface area contributed by atoms with Gasteiger partial charge in [0.15, 0.2) is 0 Å². The molecule has 6 nitrogen and oxygen atoms in total. The molecule has 2 amide bonds. The second kappa shape index (κ2) is 11.4. The number of benzene rings is 2. The molecule has 0 fully saturated rings. The van der Waals surface area contributed by atoms with Crippen LogP contribution in [0.3, 0.4) is 0 Å². The highest BCUT2D eigenvalue weighted by Crippen LogP contribution is 2.27. The Bertz CT molecular complexity index is 757. The Kier molecular flexibility index (Phi) is 9.64. The van der Waals surface area contributed by atoms with Crippen molar-refractivity contribution in [1.82, 2.24) is 5.32 Å². The second-order valence-electron chi connectivity index (χ2n) is 5.71. The van der Waals surface area contributed by atoms with Crippen LogP contribution in [0.5, 0.6) is 5.75 Å². The van der Waals surface area contributed by atoms with Gasteiger partial charge in [0, 0.05) is 30.5 Å². The number of nitrogens with one attached hydrogen (secondary N) is 2. The van der Waals surface area contributed by atoms with Crippen LogP contribution in [0.4, 0.5) is 5.69 Å². The number of nitrogens with two attached hydrogens (primary N) is 1. The lowest BCUT2D eigenvalue weighted by Gasteiger charge is -2.13. The summed E-state index contributed by atoms with van der Waals surface area (Å²) in [5.74, 6) is 0.0633. The molecular formula is C19H23Cl2N3O3. The first kappa shape index (κ1) is 22.8. The molecule has 0 heterocycles. The van der Waals surface area contributed by atoms with Crippen LogP contribution in [0, 0.1) is 0 Å². The summed E-state index contributed by atoms with van der Waals surface area (Å²) < 4.78 is 5.17. The van der Waals surface area contributed by atoms with E-state index in [1.165, 1.54) is 7.11 Å². The standard InChI is InChI=1S/C19H22ClN3O3.ClH/c1-26-17-8-7-14(20)11-16(17)23-18(24)9-10-22-19(25)12-15(21)13-5-3-2-4-6-13;/h2-8,11,15H,9-10,12,21H2,1H3,(H,22,25)(H,23,24);1H. The predicted octanol–water partition coefficient (Wildman–Crippen LogP) is 3.31. The van der Waals surface area contributed by atoms with E-state index in [0.717, 1.165) is 5.56 Å². The fraction of sp³-hybridized carbons (Fsp3) is 0.263. The lowest BCUT2D eigenvalue weighted by atomic mass is 10.0. The number of hydrogen-bond acceptors (Lipinski definition) is 4. The molecule has 2 aromatic rings. The van der Waals surface area contributed by atoms with E-state index in [9.17, 15) is 9.59 Å². The highest BCUT2D eigenvalue weighted by Gasteiger charge is 2.12. The molecule has 0 spiro atoms. The summed E-state index contributed by atoms with van der Waals surface area (Å²) in [5.41, 5.74) is 7.39. The number of ether oxygens (including phenoxy) is 1. The van der Waals surface area contributed by atoms with Gasteiger partial charge in [-0.3, -0.25) is 9.59 Å². The Morgan fingerprint density at radius 1 is 1.15 bits per heavy atom. The quantitative estimate of drug-likeness (QED) is 0.620. The van der Waals surface area contributed by atoms with Gasteiger partial charge in [0.1, 0.15) is 5.75 Å². The largest absolute Gasteiger partial charge is 0.495 e. The van der Waals surface area contributed by atoms with E-state index in [1.807, 2.05) is 30.3 Å². The van der Waals surface area contributed by atoms with Crippen LogP contribution >= 0.6 is 24.0 Å². The maximum absolute atomic E-state index is 12.0. The molecule has 0 saturated heterocycles. The lowest BCUT2D eigenvalue weighted by Crippen LogP contribution is -2.30. The number of halogens is 2. The van der Waals surface area contributed by atoms with Crippen molar-refractivity contribution in [3.8, 4) is 5.75 Å². The highest BCUT2D eigenvalue weighted by molar-refractivity contribution is 6.31. The Labute approximate surface area is 169 Å². The first-order valence-electron chi connectivity index (χ1n) is 8.20. The van der Waals surface area contributed by atoms with Crippen molar-refractivity contribution >= 4 is 41.5 Å². The van der Waals surface area contributed by atoms with Crippen LogP contribution in [0.1, 0.15) is 24.4 Å². The van der Waals surface area contributed by atoms with Gasteiger partial charge in [-0.05, 0) is 23.8 Å². The topological polar surface area (TPSA) is 93.5 Å². The van der Waals surface area contributed by atoms with Gasteiger partial charge in [0.05, 0.1) is 12.8 Å². The van der Waals surface area contributed by atoms with E-state index in [1.54, 1.807) is 18.2 Å². The molecule has 27 heavy (non-hydrogen) atoms. The van der Waals surface area contributed by atoms with Crippen molar-refractivity contribution in [2.75, 3.05) is 19.0 Å². The maximum Gasteiger partial charge on any atom is 0.226 e. The van der Waals surface area contributed by atoms with Gasteiger partial charge in [-0.25, -0.2) is 0 Å². The summed E-state index contributed by atoms with van der Waals surface area (Å²) in [6, 6.07) is 14.0. The lowest BCUT2D eigenvalue weighted by molar-refractivity contribution is -0.121. The van der Waals surface area contributed by atoms with Crippen molar-refractivity contribution in [2.24, 2.45) is 5.73 Å². The Morgan fingerprint density at radius 3 is 2.52 bits per heavy atom. The van der Waals surface area contributed by atoms with Crippen LogP contribution in [0.2, 0.25) is 5.02 Å². The molecule has 0 aliphatic rings. The molecule has 4 N–H and O–H groups in total. The van der Waals surface area contributed by atoms with Crippen LogP contribution in [0.15, 0.2) is 48.5 Å². The summed E-state index contributed by atoms with van der Waals surface area (Å²) in [5, 5.41) is 5.91. The normalized spacial score (nSPS) is 11.1. The molecule has 0 radical (unpaired) electrons. The van der Waals surface area contributed by atoms with E-state index in [-0.39, 0.29) is 49.6 Å². The van der Waals surface area contributed by atoms with Crippen LogP contribution in [0.25, 0.3) is 0 Å². The van der Waals surface area contributed by atoms with Crippen LogP contribution in [-0.4, -0.2) is 25.5 Å². The van der Waals surface area contributed by atoms with Gasteiger partial charge in [0.2, 0.25) is 11.8 Å². The number of anilines is 1. The van der Waals surface area contributed by atoms with Crippen molar-refractivity contribution in [3.05, 3.63) is 59.1 Å². The Morgan fingerprint density at radius 2 is 1.85 bits per heavy atom. The number of carbonyl (C=O) groups is 2. The van der Waals surface area contributed by atoms with Gasteiger partial charge in [-0.15, -0.1) is 12.4 Å². The predicted molar refractivity (Wildman–Crippen MR) is 109 cm³/mol. The molecule has 0 bridgehead atoms. The van der Waals surface area contributed by atoms with Gasteiger partial charge in [-0.2, -0.15) is 0 Å². The monoisotopic (exact) mass is 411 g/mol. The molecule has 2 aromatic carbocycles. The third-order valence-electron chi connectivity index (χ3n) is 3.74. The van der Waals surface area contributed by atoms with Crippen molar-refractivity contribution in [1.29, 1.82) is 0 Å². The fourth-order valence-electron chi connectivity index (χ4n) is 2.40. The van der Waals surface area contributed by atoms with E-state index in [0.29, 0.717) is 16.5 Å². The molecular weight excluding hydrogens is 389 g/mol. The third-order valence-corrected chi connectivity index (χ3v) is 3.98. The van der Waals surface area contributed by atoms with Gasteiger partial charge < -0.3 is 21.1 Å². The SMILES string of the molecule is COc1ccc(Cl)cc1NC(=O)CCNC(=O)CC(N)c1ccccc1.Cl. The second-order valence-corrected chi connectivity index (χ2v) is 6.15. The average Bonchev–Trinajstić information content (AvgIpc) is 2.62. The van der Waals surface area contributed by atoms with E-state index < -0.39 is 0 Å². The maximum atomic E-state index is 12.0. The Hall–Kier alpha value is -2.28. The van der Waals surface area contributed by atoms with Crippen LogP contribution < -0.4 is 21.1 Å². The molecule has 1 atom stereocenters. The first-order chi connectivity index (χ1) is 12.5. The number of methoxy groups -OCH3 is 1. The zero-order chi connectivity index (χ0) is 18.9. The highest BCUT2D eigenvalue weighted by atomic mass is 35.5. The smallest absolute Gasteiger partial charge is 0.226 e. The summed E-state index contributed by atoms with van der Waals surface area (Å²) in [6.45, 7) is 0.217. The minimum absolute atomic E-state index is 0. The van der Waals surface area contributed by atoms with Gasteiger partial charge in [0.25, 0.3) is 0 Å².